The highest BCUT2D eigenvalue weighted by Crippen LogP contribution is 2.18. The Balaban J connectivity index is 1.95. The molecule has 3 heterocycles. The summed E-state index contributed by atoms with van der Waals surface area (Å²) in [7, 11) is 0. The molecule has 0 spiro atoms. The molecule has 0 saturated heterocycles. The number of nitrogens with two attached hydrogens (primary N) is 1. The molecule has 3 N–H and O–H groups in total. The van der Waals surface area contributed by atoms with Gasteiger partial charge in [0, 0.05) is 25.8 Å². The van der Waals surface area contributed by atoms with Gasteiger partial charge < -0.3 is 5.73 Å². The number of pyridine rings is 1. The van der Waals surface area contributed by atoms with Crippen molar-refractivity contribution in [1.82, 2.24) is 24.3 Å². The number of hydrogen-bond acceptors (Lipinski definition) is 5. The third-order valence-corrected chi connectivity index (χ3v) is 3.75. The number of rotatable bonds is 6. The van der Waals surface area contributed by atoms with Gasteiger partial charge in [-0.2, -0.15) is 5.10 Å². The molecule has 3 rings (SSSR count). The number of amides is 1. The first kappa shape index (κ1) is 16.8. The van der Waals surface area contributed by atoms with Gasteiger partial charge in [0.05, 0.1) is 5.69 Å². The fourth-order valence-corrected chi connectivity index (χ4v) is 2.64. The average Bonchev–Trinajstić information content (AvgIpc) is 3.15. The first-order valence-electron chi connectivity index (χ1n) is 8.16. The van der Waals surface area contributed by atoms with Gasteiger partial charge in [-0.3, -0.25) is 19.4 Å². The van der Waals surface area contributed by atoms with Crippen molar-refractivity contribution in [1.29, 1.82) is 0 Å². The molecule has 3 aromatic rings. The van der Waals surface area contributed by atoms with Crippen LogP contribution in [0.15, 0.2) is 36.5 Å². The number of fused-ring (bicyclic) bond motifs is 1. The molecule has 0 aromatic carbocycles. The highest BCUT2D eigenvalue weighted by atomic mass is 16.2. The van der Waals surface area contributed by atoms with E-state index in [1.807, 2.05) is 42.7 Å². The van der Waals surface area contributed by atoms with Crippen LogP contribution in [0.2, 0.25) is 0 Å². The minimum absolute atomic E-state index is 0.248. The standard InChI is InChI=1S/C17H21N7O/c1-3-24-14(11-12(2)22-24)16(25)21-17-20-13-7-6-9-19-15(13)23(17)10-5-4-8-18/h4-7,9,11H,3,8,10,18H2,1-2H3,(H,20,21,25). The van der Waals surface area contributed by atoms with Gasteiger partial charge in [0.25, 0.3) is 5.91 Å². The zero-order valence-electron chi connectivity index (χ0n) is 14.3. The Bertz CT molecular complexity index is 922. The largest absolute Gasteiger partial charge is 0.327 e. The van der Waals surface area contributed by atoms with Gasteiger partial charge in [-0.25, -0.2) is 9.97 Å². The quantitative estimate of drug-likeness (QED) is 0.666. The Hall–Kier alpha value is -3.00. The number of allylic oxidation sites excluding steroid dienone is 1. The number of anilines is 1. The molecule has 130 valence electrons. The van der Waals surface area contributed by atoms with Crippen LogP contribution < -0.4 is 11.1 Å². The maximum Gasteiger partial charge on any atom is 0.276 e. The Morgan fingerprint density at radius 1 is 1.40 bits per heavy atom. The van der Waals surface area contributed by atoms with Gasteiger partial charge in [0.15, 0.2) is 5.65 Å². The second-order valence-electron chi connectivity index (χ2n) is 5.54. The number of carbonyl (C=O) groups excluding carboxylic acids is 1. The first-order valence-corrected chi connectivity index (χ1v) is 8.16. The van der Waals surface area contributed by atoms with Crippen molar-refractivity contribution in [2.45, 2.75) is 26.9 Å². The Labute approximate surface area is 145 Å². The van der Waals surface area contributed by atoms with Crippen LogP contribution in [0.5, 0.6) is 0 Å². The lowest BCUT2D eigenvalue weighted by atomic mass is 10.3. The van der Waals surface area contributed by atoms with Gasteiger partial charge in [0.1, 0.15) is 11.2 Å². The summed E-state index contributed by atoms with van der Waals surface area (Å²) in [6, 6.07) is 5.44. The molecule has 0 bridgehead atoms. The van der Waals surface area contributed by atoms with E-state index in [-0.39, 0.29) is 5.91 Å². The number of imidazole rings is 1. The monoisotopic (exact) mass is 339 g/mol. The topological polar surface area (TPSA) is 104 Å². The lowest BCUT2D eigenvalue weighted by molar-refractivity contribution is 0.101. The molecule has 0 aliphatic heterocycles. The summed E-state index contributed by atoms with van der Waals surface area (Å²) < 4.78 is 3.52. The summed E-state index contributed by atoms with van der Waals surface area (Å²) in [6.07, 6.45) is 5.48. The molecule has 25 heavy (non-hydrogen) atoms. The summed E-state index contributed by atoms with van der Waals surface area (Å²) in [5.74, 6) is 0.198. The third kappa shape index (κ3) is 3.43. The highest BCUT2D eigenvalue weighted by molar-refractivity contribution is 6.02. The Kier molecular flexibility index (Phi) is 4.90. The van der Waals surface area contributed by atoms with E-state index in [0.717, 1.165) is 11.2 Å². The van der Waals surface area contributed by atoms with Crippen LogP contribution in [0.4, 0.5) is 5.95 Å². The van der Waals surface area contributed by atoms with Crippen LogP contribution in [0.3, 0.4) is 0 Å². The van der Waals surface area contributed by atoms with Crippen LogP contribution in [0.25, 0.3) is 11.2 Å². The van der Waals surface area contributed by atoms with E-state index in [1.165, 1.54) is 0 Å². The summed E-state index contributed by atoms with van der Waals surface area (Å²) in [4.78, 5) is 21.5. The third-order valence-electron chi connectivity index (χ3n) is 3.75. The van der Waals surface area contributed by atoms with Gasteiger partial charge >= 0.3 is 0 Å². The smallest absolute Gasteiger partial charge is 0.276 e. The molecule has 0 fully saturated rings. The van der Waals surface area contributed by atoms with E-state index in [4.69, 9.17) is 5.73 Å². The molecular weight excluding hydrogens is 318 g/mol. The predicted molar refractivity (Wildman–Crippen MR) is 96.3 cm³/mol. The fraction of sp³-hybridized carbons (Fsp3) is 0.294. The number of nitrogens with zero attached hydrogens (tertiary/aromatic N) is 5. The van der Waals surface area contributed by atoms with Gasteiger partial charge in [-0.1, -0.05) is 12.2 Å². The highest BCUT2D eigenvalue weighted by Gasteiger charge is 2.17. The second-order valence-corrected chi connectivity index (χ2v) is 5.54. The number of carbonyl (C=O) groups is 1. The van der Waals surface area contributed by atoms with Crippen LogP contribution in [-0.4, -0.2) is 36.8 Å². The molecular formula is C17H21N7O. The minimum atomic E-state index is -0.248. The lowest BCUT2D eigenvalue weighted by Gasteiger charge is -2.08. The number of hydrogen-bond donors (Lipinski definition) is 2. The zero-order valence-corrected chi connectivity index (χ0v) is 14.3. The number of aromatic nitrogens is 5. The van der Waals surface area contributed by atoms with Crippen molar-refractivity contribution in [3.8, 4) is 0 Å². The second kappa shape index (κ2) is 7.27. The molecule has 8 heteroatoms. The molecule has 8 nitrogen and oxygen atoms in total. The van der Waals surface area contributed by atoms with Crippen molar-refractivity contribution in [3.63, 3.8) is 0 Å². The molecule has 3 aromatic heterocycles. The summed E-state index contributed by atoms with van der Waals surface area (Å²) >= 11 is 0. The van der Waals surface area contributed by atoms with E-state index >= 15 is 0 Å². The van der Waals surface area contributed by atoms with Gasteiger partial charge in [-0.05, 0) is 32.0 Å². The molecule has 0 unspecified atom stereocenters. The van der Waals surface area contributed by atoms with E-state index in [9.17, 15) is 4.79 Å². The fourth-order valence-electron chi connectivity index (χ4n) is 2.64. The molecule has 0 atom stereocenters. The van der Waals surface area contributed by atoms with Crippen molar-refractivity contribution >= 4 is 23.0 Å². The van der Waals surface area contributed by atoms with Crippen molar-refractivity contribution in [2.75, 3.05) is 11.9 Å². The molecule has 0 aliphatic rings. The Morgan fingerprint density at radius 2 is 2.24 bits per heavy atom. The SMILES string of the molecule is CCn1nc(C)cc1C(=O)Nc1nc2cccnc2n1CC=CCN. The van der Waals surface area contributed by atoms with Crippen molar-refractivity contribution in [3.05, 3.63) is 47.9 Å². The number of nitrogens with one attached hydrogen (secondary N) is 1. The van der Waals surface area contributed by atoms with Gasteiger partial charge in [0.2, 0.25) is 5.95 Å². The molecule has 0 radical (unpaired) electrons. The Morgan fingerprint density at radius 3 is 3.00 bits per heavy atom. The molecule has 0 saturated carbocycles. The van der Waals surface area contributed by atoms with E-state index in [2.05, 4.69) is 20.4 Å². The summed E-state index contributed by atoms with van der Waals surface area (Å²) in [5, 5.41) is 7.19. The van der Waals surface area contributed by atoms with E-state index in [1.54, 1.807) is 16.9 Å². The average molecular weight is 339 g/mol. The van der Waals surface area contributed by atoms with Crippen LogP contribution in [0, 0.1) is 6.92 Å². The van der Waals surface area contributed by atoms with E-state index in [0.29, 0.717) is 36.9 Å². The predicted octanol–water partition coefficient (Wildman–Crippen LogP) is 1.72. The van der Waals surface area contributed by atoms with Crippen LogP contribution in [0.1, 0.15) is 23.1 Å². The maximum absolute atomic E-state index is 12.7. The van der Waals surface area contributed by atoms with Crippen LogP contribution >= 0.6 is 0 Å². The van der Waals surface area contributed by atoms with Crippen molar-refractivity contribution < 1.29 is 4.79 Å². The first-order chi connectivity index (χ1) is 12.1. The zero-order chi connectivity index (χ0) is 17.8. The van der Waals surface area contributed by atoms with Gasteiger partial charge in [-0.15, -0.1) is 0 Å². The normalized spacial score (nSPS) is 11.5. The molecule has 1 amide bonds. The summed E-state index contributed by atoms with van der Waals surface area (Å²) in [6.45, 7) is 5.40. The van der Waals surface area contributed by atoms with E-state index < -0.39 is 0 Å². The van der Waals surface area contributed by atoms with Crippen LogP contribution in [-0.2, 0) is 13.1 Å². The summed E-state index contributed by atoms with van der Waals surface area (Å²) in [5.41, 5.74) is 8.24. The maximum atomic E-state index is 12.7. The van der Waals surface area contributed by atoms with Crippen molar-refractivity contribution in [2.24, 2.45) is 5.73 Å². The number of aryl methyl sites for hydroxylation is 2. The minimum Gasteiger partial charge on any atom is -0.327 e. The lowest BCUT2D eigenvalue weighted by Crippen LogP contribution is -2.20. The molecule has 0 aliphatic carbocycles.